The van der Waals surface area contributed by atoms with Crippen molar-refractivity contribution in [2.75, 3.05) is 11.4 Å². The van der Waals surface area contributed by atoms with Crippen molar-refractivity contribution in [3.05, 3.63) is 29.6 Å². The zero-order chi connectivity index (χ0) is 15.7. The van der Waals surface area contributed by atoms with Crippen molar-refractivity contribution < 1.29 is 22.8 Å². The lowest BCUT2D eigenvalue weighted by atomic mass is 10.0. The molecule has 1 atom stereocenters. The Balaban J connectivity index is 2.38. The Morgan fingerprint density at radius 2 is 1.81 bits per heavy atom. The minimum atomic E-state index is -1.21. The highest BCUT2D eigenvalue weighted by Crippen LogP contribution is 2.27. The van der Waals surface area contributed by atoms with E-state index in [1.54, 1.807) is 0 Å². The monoisotopic (exact) mass is 300 g/mol. The summed E-state index contributed by atoms with van der Waals surface area (Å²) in [5, 5.41) is 2.50. The molecule has 0 saturated carbocycles. The van der Waals surface area contributed by atoms with Gasteiger partial charge in [-0.3, -0.25) is 14.5 Å². The van der Waals surface area contributed by atoms with Crippen LogP contribution in [0.1, 0.15) is 20.3 Å². The summed E-state index contributed by atoms with van der Waals surface area (Å²) in [6, 6.07) is 0.126. The van der Waals surface area contributed by atoms with E-state index in [0.717, 1.165) is 4.90 Å². The minimum Gasteiger partial charge on any atom is -0.343 e. The van der Waals surface area contributed by atoms with Gasteiger partial charge in [0.05, 0.1) is 0 Å². The number of carbonyl (C=O) groups excluding carboxylic acids is 2. The molecule has 1 N–H and O–H groups in total. The Labute approximate surface area is 119 Å². The molecule has 7 heteroatoms. The van der Waals surface area contributed by atoms with E-state index in [0.29, 0.717) is 18.6 Å². The molecule has 1 aromatic carbocycles. The van der Waals surface area contributed by atoms with E-state index in [2.05, 4.69) is 5.32 Å². The highest BCUT2D eigenvalue weighted by Gasteiger charge is 2.36. The fraction of sp³-hybridized carbons (Fsp3) is 0.429. The summed E-state index contributed by atoms with van der Waals surface area (Å²) in [5.74, 6) is -4.50. The van der Waals surface area contributed by atoms with Crippen molar-refractivity contribution in [2.45, 2.75) is 26.3 Å². The predicted octanol–water partition coefficient (Wildman–Crippen LogP) is 1.98. The first-order chi connectivity index (χ1) is 9.79. The Bertz CT molecular complexity index is 567. The van der Waals surface area contributed by atoms with Gasteiger partial charge in [0, 0.05) is 12.1 Å². The van der Waals surface area contributed by atoms with Crippen LogP contribution in [0.5, 0.6) is 0 Å². The van der Waals surface area contributed by atoms with Gasteiger partial charge in [-0.25, -0.2) is 13.2 Å². The average molecular weight is 300 g/mol. The van der Waals surface area contributed by atoms with Crippen molar-refractivity contribution in [3.8, 4) is 0 Å². The van der Waals surface area contributed by atoms with Crippen molar-refractivity contribution in [2.24, 2.45) is 5.92 Å². The molecule has 0 bridgehead atoms. The van der Waals surface area contributed by atoms with Gasteiger partial charge >= 0.3 is 0 Å². The Morgan fingerprint density at radius 1 is 1.24 bits per heavy atom. The molecular weight excluding hydrogens is 285 g/mol. The third-order valence-electron chi connectivity index (χ3n) is 3.16. The van der Waals surface area contributed by atoms with Gasteiger partial charge in [0.15, 0.2) is 11.6 Å². The molecule has 1 fully saturated rings. The molecule has 1 heterocycles. The molecule has 2 rings (SSSR count). The van der Waals surface area contributed by atoms with Crippen LogP contribution in [-0.4, -0.2) is 24.4 Å². The van der Waals surface area contributed by atoms with Crippen molar-refractivity contribution >= 4 is 17.5 Å². The largest absolute Gasteiger partial charge is 0.343 e. The minimum absolute atomic E-state index is 0.113. The van der Waals surface area contributed by atoms with Gasteiger partial charge in [-0.2, -0.15) is 0 Å². The number of hydrogen-bond donors (Lipinski definition) is 1. The lowest BCUT2D eigenvalue weighted by molar-refractivity contribution is -0.131. The van der Waals surface area contributed by atoms with E-state index in [-0.39, 0.29) is 5.92 Å². The first-order valence-electron chi connectivity index (χ1n) is 6.55. The normalized spacial score (nSPS) is 19.1. The van der Waals surface area contributed by atoms with Crippen LogP contribution in [0.4, 0.5) is 18.9 Å². The SMILES string of the molecule is CC(C)CC1NC(=O)CN(c2c(F)cc(F)cc2F)C1=O. The number of rotatable bonds is 3. The second-order valence-corrected chi connectivity index (χ2v) is 5.39. The second-order valence-electron chi connectivity index (χ2n) is 5.39. The fourth-order valence-electron chi connectivity index (χ4n) is 2.32. The zero-order valence-electron chi connectivity index (χ0n) is 11.6. The highest BCUT2D eigenvalue weighted by atomic mass is 19.1. The maximum Gasteiger partial charge on any atom is 0.250 e. The number of benzene rings is 1. The molecule has 0 aromatic heterocycles. The van der Waals surface area contributed by atoms with Gasteiger partial charge in [-0.1, -0.05) is 13.8 Å². The summed E-state index contributed by atoms with van der Waals surface area (Å²) in [5.41, 5.74) is -0.690. The average Bonchev–Trinajstić information content (AvgIpc) is 2.32. The fourth-order valence-corrected chi connectivity index (χ4v) is 2.32. The van der Waals surface area contributed by atoms with Crippen LogP contribution >= 0.6 is 0 Å². The van der Waals surface area contributed by atoms with E-state index in [1.807, 2.05) is 13.8 Å². The molecule has 0 spiro atoms. The van der Waals surface area contributed by atoms with Crippen LogP contribution in [0.25, 0.3) is 0 Å². The summed E-state index contributed by atoms with van der Waals surface area (Å²) in [4.78, 5) is 24.7. The molecule has 21 heavy (non-hydrogen) atoms. The summed E-state index contributed by atoms with van der Waals surface area (Å²) in [6.45, 7) is 3.22. The van der Waals surface area contributed by atoms with Crippen LogP contribution in [0.2, 0.25) is 0 Å². The van der Waals surface area contributed by atoms with Crippen LogP contribution in [-0.2, 0) is 9.59 Å². The van der Waals surface area contributed by atoms with Crippen LogP contribution < -0.4 is 10.2 Å². The summed E-state index contributed by atoms with van der Waals surface area (Å²) in [7, 11) is 0. The number of halogens is 3. The number of piperazine rings is 1. The number of nitrogens with one attached hydrogen (secondary N) is 1. The molecular formula is C14H15F3N2O2. The number of anilines is 1. The standard InChI is InChI=1S/C14H15F3N2O2/c1-7(2)3-11-14(21)19(6-12(20)18-11)13-9(16)4-8(15)5-10(13)17/h4-5,7,11H,3,6H2,1-2H3,(H,18,20). The molecule has 1 saturated heterocycles. The number of carbonyl (C=O) groups is 2. The van der Waals surface area contributed by atoms with Crippen LogP contribution in [0, 0.1) is 23.4 Å². The van der Waals surface area contributed by atoms with Gasteiger partial charge in [0.1, 0.15) is 24.1 Å². The van der Waals surface area contributed by atoms with Gasteiger partial charge in [0.25, 0.3) is 0 Å². The Hall–Kier alpha value is -2.05. The Kier molecular flexibility index (Phi) is 4.20. The van der Waals surface area contributed by atoms with E-state index in [4.69, 9.17) is 0 Å². The maximum atomic E-state index is 13.8. The van der Waals surface area contributed by atoms with Crippen molar-refractivity contribution in [1.29, 1.82) is 0 Å². The summed E-state index contributed by atoms with van der Waals surface area (Å²) >= 11 is 0. The van der Waals surface area contributed by atoms with E-state index in [9.17, 15) is 22.8 Å². The van der Waals surface area contributed by atoms with Crippen molar-refractivity contribution in [3.63, 3.8) is 0 Å². The molecule has 4 nitrogen and oxygen atoms in total. The van der Waals surface area contributed by atoms with E-state index in [1.165, 1.54) is 0 Å². The Morgan fingerprint density at radius 3 is 2.33 bits per heavy atom. The zero-order valence-corrected chi connectivity index (χ0v) is 11.6. The van der Waals surface area contributed by atoms with Crippen LogP contribution in [0.3, 0.4) is 0 Å². The van der Waals surface area contributed by atoms with E-state index >= 15 is 0 Å². The second kappa shape index (κ2) is 5.75. The third kappa shape index (κ3) is 3.17. The van der Waals surface area contributed by atoms with Gasteiger partial charge in [0.2, 0.25) is 11.8 Å². The number of nitrogens with zero attached hydrogens (tertiary/aromatic N) is 1. The summed E-state index contributed by atoms with van der Waals surface area (Å²) < 4.78 is 40.5. The highest BCUT2D eigenvalue weighted by molar-refractivity contribution is 6.06. The quantitative estimate of drug-likeness (QED) is 0.928. The lowest BCUT2D eigenvalue weighted by Crippen LogP contribution is -2.59. The van der Waals surface area contributed by atoms with Gasteiger partial charge in [-0.15, -0.1) is 0 Å². The number of amides is 2. The summed E-state index contributed by atoms with van der Waals surface area (Å²) in [6.07, 6.45) is 0.353. The van der Waals surface area contributed by atoms with Crippen molar-refractivity contribution in [1.82, 2.24) is 5.32 Å². The maximum absolute atomic E-state index is 13.8. The van der Waals surface area contributed by atoms with Gasteiger partial charge in [-0.05, 0) is 12.3 Å². The van der Waals surface area contributed by atoms with Crippen LogP contribution in [0.15, 0.2) is 12.1 Å². The van der Waals surface area contributed by atoms with E-state index < -0.39 is 47.5 Å². The molecule has 1 unspecified atom stereocenters. The third-order valence-corrected chi connectivity index (χ3v) is 3.16. The first-order valence-corrected chi connectivity index (χ1v) is 6.55. The smallest absolute Gasteiger partial charge is 0.250 e. The molecule has 1 aromatic rings. The molecule has 0 aliphatic carbocycles. The number of hydrogen-bond acceptors (Lipinski definition) is 2. The molecule has 0 radical (unpaired) electrons. The predicted molar refractivity (Wildman–Crippen MR) is 70.1 cm³/mol. The molecule has 2 amide bonds. The molecule has 114 valence electrons. The first kappa shape index (κ1) is 15.3. The lowest BCUT2D eigenvalue weighted by Gasteiger charge is -2.33. The topological polar surface area (TPSA) is 49.4 Å². The molecule has 1 aliphatic heterocycles. The molecule has 1 aliphatic rings. The van der Waals surface area contributed by atoms with Gasteiger partial charge < -0.3 is 5.32 Å².